The summed E-state index contributed by atoms with van der Waals surface area (Å²) in [5.74, 6) is 0.500. The van der Waals surface area contributed by atoms with Gasteiger partial charge in [-0.25, -0.2) is 13.1 Å². The molecular weight excluding hydrogens is 294 g/mol. The zero-order valence-electron chi connectivity index (χ0n) is 11.9. The van der Waals surface area contributed by atoms with Crippen molar-refractivity contribution in [3.05, 3.63) is 11.9 Å². The van der Waals surface area contributed by atoms with E-state index in [-0.39, 0.29) is 23.4 Å². The molecule has 1 amide bonds. The SMILES string of the molecule is CCS(=O)(=O)N1CC(n2cc(C(=O)NCC3CC3)nn2)C1. The molecule has 0 aromatic carbocycles. The van der Waals surface area contributed by atoms with Crippen LogP contribution in [0.5, 0.6) is 0 Å². The summed E-state index contributed by atoms with van der Waals surface area (Å²) in [6, 6.07) is -0.0381. The standard InChI is InChI=1S/C12H19N5O3S/c1-2-21(19,20)16-6-10(7-16)17-8-11(14-15-17)12(18)13-5-9-3-4-9/h8-10H,2-7H2,1H3,(H,13,18). The maximum absolute atomic E-state index is 11.9. The molecular formula is C12H19N5O3S. The fourth-order valence-electron chi connectivity index (χ4n) is 2.20. The van der Waals surface area contributed by atoms with Crippen LogP contribution in [0.4, 0.5) is 0 Å². The number of carbonyl (C=O) groups is 1. The van der Waals surface area contributed by atoms with Crippen LogP contribution in [0, 0.1) is 5.92 Å². The molecule has 2 heterocycles. The fourth-order valence-corrected chi connectivity index (χ4v) is 3.37. The fraction of sp³-hybridized carbons (Fsp3) is 0.750. The molecule has 0 spiro atoms. The van der Waals surface area contributed by atoms with Gasteiger partial charge in [0.05, 0.1) is 18.0 Å². The van der Waals surface area contributed by atoms with Crippen molar-refractivity contribution in [3.63, 3.8) is 0 Å². The quantitative estimate of drug-likeness (QED) is 0.772. The lowest BCUT2D eigenvalue weighted by molar-refractivity contribution is 0.0946. The predicted molar refractivity (Wildman–Crippen MR) is 75.2 cm³/mol. The summed E-state index contributed by atoms with van der Waals surface area (Å²) in [6.45, 7) is 3.10. The van der Waals surface area contributed by atoms with Gasteiger partial charge in [0.2, 0.25) is 10.0 Å². The third kappa shape index (κ3) is 3.08. The molecule has 1 saturated heterocycles. The van der Waals surface area contributed by atoms with Crippen molar-refractivity contribution in [1.82, 2.24) is 24.6 Å². The molecule has 0 radical (unpaired) electrons. The van der Waals surface area contributed by atoms with Crippen molar-refractivity contribution in [2.45, 2.75) is 25.8 Å². The first-order valence-electron chi connectivity index (χ1n) is 7.17. The highest BCUT2D eigenvalue weighted by Gasteiger charge is 2.36. The van der Waals surface area contributed by atoms with E-state index >= 15 is 0 Å². The smallest absolute Gasteiger partial charge is 0.273 e. The molecule has 8 nitrogen and oxygen atoms in total. The Balaban J connectivity index is 1.55. The minimum atomic E-state index is -3.13. The summed E-state index contributed by atoms with van der Waals surface area (Å²) in [4.78, 5) is 11.9. The molecule has 116 valence electrons. The summed E-state index contributed by atoms with van der Waals surface area (Å²) in [5, 5.41) is 10.6. The van der Waals surface area contributed by atoms with Crippen LogP contribution < -0.4 is 5.32 Å². The van der Waals surface area contributed by atoms with E-state index in [1.807, 2.05) is 0 Å². The minimum Gasteiger partial charge on any atom is -0.350 e. The van der Waals surface area contributed by atoms with Crippen molar-refractivity contribution in [3.8, 4) is 0 Å². The molecule has 3 rings (SSSR count). The molecule has 0 bridgehead atoms. The second-order valence-electron chi connectivity index (χ2n) is 5.61. The summed E-state index contributed by atoms with van der Waals surface area (Å²) in [7, 11) is -3.13. The lowest BCUT2D eigenvalue weighted by atomic mass is 10.2. The van der Waals surface area contributed by atoms with E-state index in [1.165, 1.54) is 17.1 Å². The first-order valence-corrected chi connectivity index (χ1v) is 8.78. The van der Waals surface area contributed by atoms with Gasteiger partial charge in [-0.05, 0) is 25.7 Å². The Morgan fingerprint density at radius 2 is 2.14 bits per heavy atom. The maximum atomic E-state index is 11.9. The van der Waals surface area contributed by atoms with E-state index in [0.29, 0.717) is 25.6 Å². The summed E-state index contributed by atoms with van der Waals surface area (Å²) in [5.41, 5.74) is 0.285. The molecule has 1 aromatic heterocycles. The van der Waals surface area contributed by atoms with Crippen LogP contribution >= 0.6 is 0 Å². The molecule has 1 aliphatic heterocycles. The van der Waals surface area contributed by atoms with Gasteiger partial charge < -0.3 is 5.32 Å². The van der Waals surface area contributed by atoms with E-state index in [9.17, 15) is 13.2 Å². The number of nitrogens with one attached hydrogen (secondary N) is 1. The highest BCUT2D eigenvalue weighted by molar-refractivity contribution is 7.89. The van der Waals surface area contributed by atoms with Crippen molar-refractivity contribution >= 4 is 15.9 Å². The second kappa shape index (κ2) is 5.38. The molecule has 0 atom stereocenters. The van der Waals surface area contributed by atoms with Gasteiger partial charge in [-0.3, -0.25) is 4.79 Å². The molecule has 1 aliphatic carbocycles. The molecule has 0 unspecified atom stereocenters. The maximum Gasteiger partial charge on any atom is 0.273 e. The number of hydrogen-bond donors (Lipinski definition) is 1. The van der Waals surface area contributed by atoms with Crippen LogP contribution in [0.3, 0.4) is 0 Å². The number of carbonyl (C=O) groups excluding carboxylic acids is 1. The molecule has 1 N–H and O–H groups in total. The van der Waals surface area contributed by atoms with E-state index in [2.05, 4.69) is 15.6 Å². The third-order valence-corrected chi connectivity index (χ3v) is 5.77. The van der Waals surface area contributed by atoms with Crippen LogP contribution in [0.1, 0.15) is 36.3 Å². The van der Waals surface area contributed by atoms with Gasteiger partial charge in [0, 0.05) is 19.6 Å². The van der Waals surface area contributed by atoms with Gasteiger partial charge in [0.15, 0.2) is 5.69 Å². The van der Waals surface area contributed by atoms with Crippen LogP contribution in [0.15, 0.2) is 6.20 Å². The number of rotatable bonds is 6. The molecule has 21 heavy (non-hydrogen) atoms. The first kappa shape index (κ1) is 14.5. The zero-order valence-corrected chi connectivity index (χ0v) is 12.7. The van der Waals surface area contributed by atoms with Gasteiger partial charge >= 0.3 is 0 Å². The average molecular weight is 313 g/mol. The molecule has 9 heteroatoms. The van der Waals surface area contributed by atoms with Gasteiger partial charge in [-0.2, -0.15) is 4.31 Å². The van der Waals surface area contributed by atoms with E-state index in [4.69, 9.17) is 0 Å². The first-order chi connectivity index (χ1) is 9.99. The predicted octanol–water partition coefficient (Wildman–Crippen LogP) is -0.376. The number of aromatic nitrogens is 3. The number of sulfonamides is 1. The third-order valence-electron chi connectivity index (χ3n) is 3.95. The van der Waals surface area contributed by atoms with Crippen LogP contribution in [0.2, 0.25) is 0 Å². The van der Waals surface area contributed by atoms with Crippen LogP contribution in [0.25, 0.3) is 0 Å². The van der Waals surface area contributed by atoms with Crippen LogP contribution in [-0.4, -0.2) is 59.0 Å². The Labute approximate surface area is 123 Å². The minimum absolute atomic E-state index is 0.0381. The largest absolute Gasteiger partial charge is 0.350 e. The Morgan fingerprint density at radius 3 is 2.76 bits per heavy atom. The van der Waals surface area contributed by atoms with Gasteiger partial charge in [-0.1, -0.05) is 5.21 Å². The van der Waals surface area contributed by atoms with Gasteiger partial charge in [0.25, 0.3) is 5.91 Å². The zero-order chi connectivity index (χ0) is 15.0. The highest BCUT2D eigenvalue weighted by atomic mass is 32.2. The molecule has 1 saturated carbocycles. The van der Waals surface area contributed by atoms with Crippen molar-refractivity contribution in [1.29, 1.82) is 0 Å². The summed E-state index contributed by atoms with van der Waals surface area (Å²) in [6.07, 6.45) is 3.94. The number of hydrogen-bond acceptors (Lipinski definition) is 5. The van der Waals surface area contributed by atoms with Gasteiger partial charge in [-0.15, -0.1) is 5.10 Å². The number of nitrogens with zero attached hydrogens (tertiary/aromatic N) is 4. The molecule has 2 fully saturated rings. The van der Waals surface area contributed by atoms with E-state index < -0.39 is 10.0 Å². The second-order valence-corrected chi connectivity index (χ2v) is 7.87. The highest BCUT2D eigenvalue weighted by Crippen LogP contribution is 2.27. The number of amides is 1. The van der Waals surface area contributed by atoms with Crippen molar-refractivity contribution in [2.24, 2.45) is 5.92 Å². The Bertz CT molecular complexity index is 631. The summed E-state index contributed by atoms with van der Waals surface area (Å²) < 4.78 is 26.3. The lowest BCUT2D eigenvalue weighted by Gasteiger charge is -2.37. The normalized spacial score (nSPS) is 20.2. The summed E-state index contributed by atoms with van der Waals surface area (Å²) >= 11 is 0. The average Bonchev–Trinajstić information content (AvgIpc) is 3.11. The van der Waals surface area contributed by atoms with Crippen LogP contribution in [-0.2, 0) is 10.0 Å². The van der Waals surface area contributed by atoms with Gasteiger partial charge in [0.1, 0.15) is 0 Å². The van der Waals surface area contributed by atoms with E-state index in [1.54, 1.807) is 17.8 Å². The monoisotopic (exact) mass is 313 g/mol. The Hall–Kier alpha value is -1.48. The van der Waals surface area contributed by atoms with Crippen molar-refractivity contribution < 1.29 is 13.2 Å². The Kier molecular flexibility index (Phi) is 3.70. The van der Waals surface area contributed by atoms with Crippen molar-refractivity contribution in [2.75, 3.05) is 25.4 Å². The molecule has 1 aromatic rings. The Morgan fingerprint density at radius 1 is 1.43 bits per heavy atom. The molecule has 2 aliphatic rings. The van der Waals surface area contributed by atoms with E-state index in [0.717, 1.165) is 0 Å². The lowest BCUT2D eigenvalue weighted by Crippen LogP contribution is -2.51. The topological polar surface area (TPSA) is 97.2 Å².